The van der Waals surface area contributed by atoms with E-state index in [4.69, 9.17) is 21.4 Å². The van der Waals surface area contributed by atoms with Crippen LogP contribution >= 0.6 is 24.2 Å². The van der Waals surface area contributed by atoms with Crippen LogP contribution in [-0.2, 0) is 14.3 Å². The van der Waals surface area contributed by atoms with Crippen LogP contribution in [0, 0.1) is 0 Å². The number of carboxylic acid groups (broad SMARTS) is 1. The highest BCUT2D eigenvalue weighted by Gasteiger charge is 2.33. The normalized spacial score (nSPS) is 17.0. The predicted molar refractivity (Wildman–Crippen MR) is 90.7 cm³/mol. The third-order valence-corrected chi connectivity index (χ3v) is 4.68. The molecule has 0 unspecified atom stereocenters. The lowest BCUT2D eigenvalue weighted by atomic mass is 10.00. The summed E-state index contributed by atoms with van der Waals surface area (Å²) in [5, 5.41) is 9.50. The van der Waals surface area contributed by atoms with Gasteiger partial charge < -0.3 is 9.84 Å². The molecule has 0 aromatic heterocycles. The molecule has 0 saturated carbocycles. The second kappa shape index (κ2) is 7.86. The molecule has 0 fully saturated rings. The number of carboxylic acids is 1. The molecule has 0 saturated heterocycles. The van der Waals surface area contributed by atoms with Gasteiger partial charge in [0.1, 0.15) is 6.04 Å². The van der Waals surface area contributed by atoms with Crippen LogP contribution in [0.5, 0.6) is 0 Å². The summed E-state index contributed by atoms with van der Waals surface area (Å²) in [5.41, 5.74) is 1.35. The number of hydrogen-bond acceptors (Lipinski definition) is 5. The number of halogens is 1. The number of esters is 1. The van der Waals surface area contributed by atoms with Crippen molar-refractivity contribution in [3.63, 3.8) is 0 Å². The number of methoxy groups -OCH3 is 1. The minimum Gasteiger partial charge on any atom is -0.481 e. The van der Waals surface area contributed by atoms with Crippen molar-refractivity contribution in [2.75, 3.05) is 20.2 Å². The van der Waals surface area contributed by atoms with Crippen LogP contribution in [0.25, 0.3) is 0 Å². The van der Waals surface area contributed by atoms with Gasteiger partial charge in [-0.25, -0.2) is 4.79 Å². The van der Waals surface area contributed by atoms with Crippen LogP contribution in [0.2, 0.25) is 5.02 Å². The van der Waals surface area contributed by atoms with Crippen molar-refractivity contribution in [1.82, 2.24) is 4.90 Å². The van der Waals surface area contributed by atoms with Crippen molar-refractivity contribution in [3.05, 3.63) is 45.3 Å². The number of ether oxygens (including phenoxy) is 1. The van der Waals surface area contributed by atoms with Crippen molar-refractivity contribution in [2.45, 2.75) is 18.9 Å². The smallest absolute Gasteiger partial charge is 0.327 e. The number of rotatable bonds is 5. The topological polar surface area (TPSA) is 66.8 Å². The Bertz CT molecular complexity index is 647. The Morgan fingerprint density at radius 3 is 2.74 bits per heavy atom. The van der Waals surface area contributed by atoms with Crippen LogP contribution < -0.4 is 0 Å². The van der Waals surface area contributed by atoms with Crippen LogP contribution in [0.1, 0.15) is 24.4 Å². The number of thiol groups is 1. The zero-order valence-electron chi connectivity index (χ0n) is 12.7. The molecular weight excluding hydrogens is 338 g/mol. The molecule has 5 nitrogen and oxygen atoms in total. The fraction of sp³-hybridized carbons (Fsp3) is 0.375. The van der Waals surface area contributed by atoms with Crippen LogP contribution in [0.3, 0.4) is 0 Å². The number of carbonyl (C=O) groups is 2. The summed E-state index contributed by atoms with van der Waals surface area (Å²) >= 11 is 10.6. The molecule has 1 aliphatic rings. The summed E-state index contributed by atoms with van der Waals surface area (Å²) < 4.78 is 4.93. The fourth-order valence-corrected chi connectivity index (χ4v) is 3.17. The molecule has 1 N–H and O–H groups in total. The summed E-state index contributed by atoms with van der Waals surface area (Å²) in [7, 11) is 1.33. The Morgan fingerprint density at radius 1 is 1.43 bits per heavy atom. The Hall–Kier alpha value is -1.50. The molecule has 1 aliphatic heterocycles. The molecule has 1 atom stereocenters. The van der Waals surface area contributed by atoms with Crippen molar-refractivity contribution in [2.24, 2.45) is 0 Å². The van der Waals surface area contributed by atoms with Gasteiger partial charge >= 0.3 is 11.9 Å². The monoisotopic (exact) mass is 355 g/mol. The maximum atomic E-state index is 12.3. The first-order chi connectivity index (χ1) is 10.9. The molecule has 2 rings (SSSR count). The third kappa shape index (κ3) is 4.28. The van der Waals surface area contributed by atoms with Gasteiger partial charge in [-0.15, -0.1) is 12.6 Å². The van der Waals surface area contributed by atoms with E-state index in [1.165, 1.54) is 7.11 Å². The van der Waals surface area contributed by atoms with Crippen molar-refractivity contribution < 1.29 is 19.4 Å². The van der Waals surface area contributed by atoms with Gasteiger partial charge in [0.15, 0.2) is 0 Å². The van der Waals surface area contributed by atoms with Crippen molar-refractivity contribution in [3.8, 4) is 0 Å². The minimum atomic E-state index is -0.916. The van der Waals surface area contributed by atoms with E-state index in [-0.39, 0.29) is 6.42 Å². The van der Waals surface area contributed by atoms with Gasteiger partial charge in [-0.2, -0.15) is 0 Å². The van der Waals surface area contributed by atoms with E-state index >= 15 is 0 Å². The van der Waals surface area contributed by atoms with E-state index in [9.17, 15) is 9.59 Å². The van der Waals surface area contributed by atoms with Crippen molar-refractivity contribution in [1.29, 1.82) is 0 Å². The predicted octanol–water partition coefficient (Wildman–Crippen LogP) is 2.92. The first-order valence-corrected chi connectivity index (χ1v) is 7.94. The Balaban J connectivity index is 2.33. The first kappa shape index (κ1) is 17.8. The molecular formula is C16H18ClNO4S. The number of benzene rings is 1. The van der Waals surface area contributed by atoms with E-state index in [0.717, 1.165) is 4.91 Å². The lowest BCUT2D eigenvalue weighted by Crippen LogP contribution is -2.39. The second-order valence-corrected chi connectivity index (χ2v) is 6.24. The summed E-state index contributed by atoms with van der Waals surface area (Å²) in [6, 6.07) is 6.42. The largest absolute Gasteiger partial charge is 0.481 e. The standard InChI is InChI=1S/C16H18ClNO4S/c1-22-16(21)15(11-4-2-3-5-12(11)17)18-7-6-13(23)10(9-18)8-14(19)20/h2-5,15,23H,6-9H2,1H3,(H,19,20)/t15-/m0/s1. The van der Waals surface area contributed by atoms with E-state index < -0.39 is 18.0 Å². The van der Waals surface area contributed by atoms with Gasteiger partial charge in [0.25, 0.3) is 0 Å². The zero-order valence-corrected chi connectivity index (χ0v) is 14.3. The summed E-state index contributed by atoms with van der Waals surface area (Å²) in [6.45, 7) is 0.920. The number of hydrogen-bond donors (Lipinski definition) is 2. The lowest BCUT2D eigenvalue weighted by Gasteiger charge is -2.34. The molecule has 1 heterocycles. The third-order valence-electron chi connectivity index (χ3n) is 3.79. The number of carbonyl (C=O) groups excluding carboxylic acids is 1. The quantitative estimate of drug-likeness (QED) is 0.628. The van der Waals surface area contributed by atoms with Gasteiger partial charge in [0, 0.05) is 18.1 Å². The number of nitrogens with zero attached hydrogens (tertiary/aromatic N) is 1. The minimum absolute atomic E-state index is 0.0915. The Kier molecular flexibility index (Phi) is 6.10. The van der Waals surface area contributed by atoms with E-state index in [2.05, 4.69) is 12.6 Å². The molecule has 0 aliphatic carbocycles. The molecule has 1 aromatic rings. The highest BCUT2D eigenvalue weighted by molar-refractivity contribution is 7.84. The maximum Gasteiger partial charge on any atom is 0.327 e. The first-order valence-electron chi connectivity index (χ1n) is 7.12. The molecule has 1 aromatic carbocycles. The zero-order chi connectivity index (χ0) is 17.0. The van der Waals surface area contributed by atoms with Crippen molar-refractivity contribution >= 4 is 36.2 Å². The van der Waals surface area contributed by atoms with E-state index in [1.807, 2.05) is 4.90 Å². The average Bonchev–Trinajstić information content (AvgIpc) is 2.51. The molecule has 0 spiro atoms. The van der Waals surface area contributed by atoms with Crippen LogP contribution in [0.4, 0.5) is 0 Å². The van der Waals surface area contributed by atoms with Gasteiger partial charge in [-0.1, -0.05) is 29.8 Å². The van der Waals surface area contributed by atoms with E-state index in [1.54, 1.807) is 24.3 Å². The fourth-order valence-electron chi connectivity index (χ4n) is 2.68. The lowest BCUT2D eigenvalue weighted by molar-refractivity contribution is -0.147. The SMILES string of the molecule is COC(=O)[C@H](c1ccccc1Cl)N1CCC(S)=C(CC(=O)O)C1. The molecule has 0 amide bonds. The number of aliphatic carboxylic acids is 1. The Morgan fingerprint density at radius 2 is 2.13 bits per heavy atom. The van der Waals surface area contributed by atoms with Crippen LogP contribution in [0.15, 0.2) is 34.7 Å². The maximum absolute atomic E-state index is 12.3. The highest BCUT2D eigenvalue weighted by Crippen LogP contribution is 2.33. The summed E-state index contributed by atoms with van der Waals surface area (Å²) in [4.78, 5) is 26.0. The molecule has 124 valence electrons. The summed E-state index contributed by atoms with van der Waals surface area (Å²) in [5.74, 6) is -1.34. The van der Waals surface area contributed by atoms with Crippen LogP contribution in [-0.4, -0.2) is 42.1 Å². The molecule has 0 bridgehead atoms. The van der Waals surface area contributed by atoms with Gasteiger partial charge in [0.05, 0.1) is 13.5 Å². The van der Waals surface area contributed by atoms with Gasteiger partial charge in [-0.05, 0) is 28.5 Å². The second-order valence-electron chi connectivity index (χ2n) is 5.29. The molecule has 7 heteroatoms. The molecule has 23 heavy (non-hydrogen) atoms. The van der Waals surface area contributed by atoms with Gasteiger partial charge in [-0.3, -0.25) is 9.69 Å². The highest BCUT2D eigenvalue weighted by atomic mass is 35.5. The molecule has 0 radical (unpaired) electrons. The average molecular weight is 356 g/mol. The van der Waals surface area contributed by atoms with E-state index in [0.29, 0.717) is 35.7 Å². The summed E-state index contributed by atoms with van der Waals surface area (Å²) in [6.07, 6.45) is 0.495. The van der Waals surface area contributed by atoms with Gasteiger partial charge in [0.2, 0.25) is 0 Å². The Labute approximate surface area is 145 Å².